The van der Waals surface area contributed by atoms with Crippen LogP contribution in [0.5, 0.6) is 11.5 Å². The summed E-state index contributed by atoms with van der Waals surface area (Å²) in [5, 5.41) is 9.48. The van der Waals surface area contributed by atoms with Gasteiger partial charge < -0.3 is 14.6 Å². The number of hydrogen-bond donors (Lipinski definition) is 1. The van der Waals surface area contributed by atoms with E-state index in [0.717, 1.165) is 18.4 Å². The molecule has 0 radical (unpaired) electrons. The Morgan fingerprint density at radius 1 is 1.24 bits per heavy atom. The SMILES string of the molecule is CCCCCCCOC(=O)C=Cc1ccc(O)c(OC)c1. The van der Waals surface area contributed by atoms with E-state index < -0.39 is 0 Å². The highest BCUT2D eigenvalue weighted by Gasteiger charge is 2.01. The van der Waals surface area contributed by atoms with Crippen molar-refractivity contribution < 1.29 is 19.4 Å². The van der Waals surface area contributed by atoms with Crippen molar-refractivity contribution >= 4 is 12.0 Å². The minimum Gasteiger partial charge on any atom is -0.504 e. The molecule has 0 heterocycles. The highest BCUT2D eigenvalue weighted by molar-refractivity contribution is 5.87. The zero-order valence-corrected chi connectivity index (χ0v) is 12.8. The van der Waals surface area contributed by atoms with Crippen molar-refractivity contribution in [3.05, 3.63) is 29.8 Å². The molecule has 0 unspecified atom stereocenters. The van der Waals surface area contributed by atoms with Gasteiger partial charge in [0.1, 0.15) is 0 Å². The average molecular weight is 292 g/mol. The summed E-state index contributed by atoms with van der Waals surface area (Å²) >= 11 is 0. The summed E-state index contributed by atoms with van der Waals surface area (Å²) in [4.78, 5) is 11.5. The number of ether oxygens (including phenoxy) is 2. The Bertz CT molecular complexity index is 466. The number of methoxy groups -OCH3 is 1. The molecule has 0 amide bonds. The number of carbonyl (C=O) groups excluding carboxylic acids is 1. The number of carbonyl (C=O) groups is 1. The fourth-order valence-electron chi connectivity index (χ4n) is 1.89. The first kappa shape index (κ1) is 17.1. The molecule has 1 aromatic carbocycles. The molecule has 0 fully saturated rings. The fraction of sp³-hybridized carbons (Fsp3) is 0.471. The number of hydrogen-bond acceptors (Lipinski definition) is 4. The Balaban J connectivity index is 2.33. The van der Waals surface area contributed by atoms with Crippen molar-refractivity contribution in [3.63, 3.8) is 0 Å². The summed E-state index contributed by atoms with van der Waals surface area (Å²) < 4.78 is 10.1. The Morgan fingerprint density at radius 3 is 2.71 bits per heavy atom. The molecule has 0 bridgehead atoms. The molecule has 0 saturated carbocycles. The van der Waals surface area contributed by atoms with Gasteiger partial charge in [-0.05, 0) is 30.2 Å². The minimum absolute atomic E-state index is 0.0734. The molecular weight excluding hydrogens is 268 g/mol. The van der Waals surface area contributed by atoms with Crippen molar-refractivity contribution in [2.45, 2.75) is 39.0 Å². The minimum atomic E-state index is -0.350. The van der Waals surface area contributed by atoms with E-state index in [9.17, 15) is 9.90 Å². The topological polar surface area (TPSA) is 55.8 Å². The molecule has 0 atom stereocenters. The number of unbranched alkanes of at least 4 members (excludes halogenated alkanes) is 4. The van der Waals surface area contributed by atoms with Crippen LogP contribution in [0.2, 0.25) is 0 Å². The standard InChI is InChI=1S/C17H24O4/c1-3-4-5-6-7-12-21-17(19)11-9-14-8-10-15(18)16(13-14)20-2/h8-11,13,18H,3-7,12H2,1-2H3. The zero-order chi connectivity index (χ0) is 15.5. The summed E-state index contributed by atoms with van der Waals surface area (Å²) in [5.41, 5.74) is 0.768. The molecule has 0 spiro atoms. The second-order valence-electron chi connectivity index (χ2n) is 4.85. The lowest BCUT2D eigenvalue weighted by Crippen LogP contribution is -2.02. The van der Waals surface area contributed by atoms with E-state index in [0.29, 0.717) is 12.4 Å². The van der Waals surface area contributed by atoms with Crippen molar-refractivity contribution in [1.82, 2.24) is 0 Å². The maximum atomic E-state index is 11.5. The summed E-state index contributed by atoms with van der Waals surface area (Å²) in [6, 6.07) is 4.88. The monoisotopic (exact) mass is 292 g/mol. The van der Waals surface area contributed by atoms with E-state index in [2.05, 4.69) is 6.92 Å². The lowest BCUT2D eigenvalue weighted by Gasteiger charge is -2.04. The van der Waals surface area contributed by atoms with Crippen molar-refractivity contribution in [2.24, 2.45) is 0 Å². The van der Waals surface area contributed by atoms with Crippen molar-refractivity contribution in [3.8, 4) is 11.5 Å². The quantitative estimate of drug-likeness (QED) is 0.425. The van der Waals surface area contributed by atoms with Crippen LogP contribution < -0.4 is 4.74 Å². The van der Waals surface area contributed by atoms with Crippen molar-refractivity contribution in [2.75, 3.05) is 13.7 Å². The Morgan fingerprint density at radius 2 is 2.00 bits per heavy atom. The summed E-state index contributed by atoms with van der Waals surface area (Å²) in [6.45, 7) is 2.63. The first-order valence-corrected chi connectivity index (χ1v) is 7.39. The second kappa shape index (κ2) is 9.86. The lowest BCUT2D eigenvalue weighted by atomic mass is 10.2. The van der Waals surface area contributed by atoms with Gasteiger partial charge >= 0.3 is 5.97 Å². The maximum Gasteiger partial charge on any atom is 0.330 e. The fourth-order valence-corrected chi connectivity index (χ4v) is 1.89. The van der Waals surface area contributed by atoms with Crippen LogP contribution in [0, 0.1) is 0 Å². The van der Waals surface area contributed by atoms with Gasteiger partial charge in [-0.2, -0.15) is 0 Å². The molecule has 0 aromatic heterocycles. The Kier molecular flexibility index (Phi) is 8.02. The molecule has 116 valence electrons. The van der Waals surface area contributed by atoms with E-state index in [1.54, 1.807) is 18.2 Å². The molecule has 1 aromatic rings. The molecule has 0 aliphatic carbocycles. The first-order chi connectivity index (χ1) is 10.2. The number of esters is 1. The van der Waals surface area contributed by atoms with Gasteiger partial charge in [-0.25, -0.2) is 4.79 Å². The van der Waals surface area contributed by atoms with Crippen LogP contribution in [-0.2, 0) is 9.53 Å². The van der Waals surface area contributed by atoms with Gasteiger partial charge in [0.05, 0.1) is 13.7 Å². The molecular formula is C17H24O4. The number of benzene rings is 1. The van der Waals surface area contributed by atoms with Crippen LogP contribution in [-0.4, -0.2) is 24.8 Å². The number of aromatic hydroxyl groups is 1. The molecule has 4 nitrogen and oxygen atoms in total. The van der Waals surface area contributed by atoms with Gasteiger partial charge in [-0.3, -0.25) is 0 Å². The third kappa shape index (κ3) is 6.84. The summed E-state index contributed by atoms with van der Waals surface area (Å²) in [5.74, 6) is 0.100. The third-order valence-corrected chi connectivity index (χ3v) is 3.11. The van der Waals surface area contributed by atoms with Gasteiger partial charge in [0.2, 0.25) is 0 Å². The van der Waals surface area contributed by atoms with Gasteiger partial charge in [0, 0.05) is 6.08 Å². The number of rotatable bonds is 9. The van der Waals surface area contributed by atoms with E-state index in [-0.39, 0.29) is 11.7 Å². The molecule has 1 N–H and O–H groups in total. The second-order valence-corrected chi connectivity index (χ2v) is 4.85. The summed E-state index contributed by atoms with van der Waals surface area (Å²) in [7, 11) is 1.48. The highest BCUT2D eigenvalue weighted by atomic mass is 16.5. The van der Waals surface area contributed by atoms with Crippen molar-refractivity contribution in [1.29, 1.82) is 0 Å². The zero-order valence-electron chi connectivity index (χ0n) is 12.8. The van der Waals surface area contributed by atoms with Crippen LogP contribution in [0.4, 0.5) is 0 Å². The average Bonchev–Trinajstić information content (AvgIpc) is 2.50. The van der Waals surface area contributed by atoms with E-state index >= 15 is 0 Å². The Hall–Kier alpha value is -1.97. The molecule has 0 saturated heterocycles. The van der Waals surface area contributed by atoms with Crippen LogP contribution >= 0.6 is 0 Å². The summed E-state index contributed by atoms with van der Waals surface area (Å²) in [6.07, 6.45) is 8.66. The number of phenols is 1. The smallest absolute Gasteiger partial charge is 0.330 e. The lowest BCUT2D eigenvalue weighted by molar-refractivity contribution is -0.137. The molecule has 1 rings (SSSR count). The van der Waals surface area contributed by atoms with Gasteiger partial charge in [0.25, 0.3) is 0 Å². The van der Waals surface area contributed by atoms with Gasteiger partial charge in [-0.15, -0.1) is 0 Å². The molecule has 0 aliphatic heterocycles. The normalized spacial score (nSPS) is 10.8. The van der Waals surface area contributed by atoms with Gasteiger partial charge in [0.15, 0.2) is 11.5 Å². The predicted octanol–water partition coefficient (Wildman–Crippen LogP) is 3.93. The first-order valence-electron chi connectivity index (χ1n) is 7.39. The highest BCUT2D eigenvalue weighted by Crippen LogP contribution is 2.26. The van der Waals surface area contributed by atoms with Crippen LogP contribution in [0.15, 0.2) is 24.3 Å². The predicted molar refractivity (Wildman–Crippen MR) is 83.4 cm³/mol. The van der Waals surface area contributed by atoms with E-state index in [1.165, 1.54) is 38.5 Å². The van der Waals surface area contributed by atoms with E-state index in [4.69, 9.17) is 9.47 Å². The largest absolute Gasteiger partial charge is 0.504 e. The van der Waals surface area contributed by atoms with E-state index in [1.807, 2.05) is 0 Å². The Labute approximate surface area is 126 Å². The molecule has 21 heavy (non-hydrogen) atoms. The maximum absolute atomic E-state index is 11.5. The van der Waals surface area contributed by atoms with Gasteiger partial charge in [-0.1, -0.05) is 38.7 Å². The number of phenolic OH excluding ortho intramolecular Hbond substituents is 1. The van der Waals surface area contributed by atoms with Crippen LogP contribution in [0.25, 0.3) is 6.08 Å². The molecule has 4 heteroatoms. The van der Waals surface area contributed by atoms with Crippen LogP contribution in [0.3, 0.4) is 0 Å². The van der Waals surface area contributed by atoms with Crippen LogP contribution in [0.1, 0.15) is 44.6 Å². The molecule has 0 aliphatic rings. The third-order valence-electron chi connectivity index (χ3n) is 3.11.